The Morgan fingerprint density at radius 1 is 1.48 bits per heavy atom. The molecule has 6 heteroatoms. The van der Waals surface area contributed by atoms with E-state index in [-0.39, 0.29) is 18.2 Å². The number of aliphatic hydroxyl groups excluding tert-OH is 1. The summed E-state index contributed by atoms with van der Waals surface area (Å²) in [5.74, 6) is 0. The van der Waals surface area contributed by atoms with E-state index in [0.29, 0.717) is 13.1 Å². The maximum absolute atomic E-state index is 12.2. The van der Waals surface area contributed by atoms with Gasteiger partial charge in [-0.05, 0) is 38.3 Å². The number of carbonyl (C=O) groups is 1. The lowest BCUT2D eigenvalue weighted by Gasteiger charge is -2.18. The minimum atomic E-state index is -0.629. The van der Waals surface area contributed by atoms with Crippen LogP contribution in [0.5, 0.6) is 0 Å². The maximum atomic E-state index is 12.2. The Morgan fingerprint density at radius 3 is 2.90 bits per heavy atom. The van der Waals surface area contributed by atoms with Gasteiger partial charge in [-0.1, -0.05) is 6.07 Å². The number of nitrogens with one attached hydrogen (secondary N) is 1. The highest BCUT2D eigenvalue weighted by atomic mass is 32.2. The minimum Gasteiger partial charge on any atom is -0.388 e. The van der Waals surface area contributed by atoms with Crippen molar-refractivity contribution >= 4 is 23.5 Å². The van der Waals surface area contributed by atoms with Gasteiger partial charge < -0.3 is 20.1 Å². The number of urea groups is 1. The van der Waals surface area contributed by atoms with Crippen LogP contribution >= 0.6 is 11.8 Å². The molecular formula is C15H22N2O3S. The molecule has 0 bridgehead atoms. The molecule has 0 saturated carbocycles. The average molecular weight is 310 g/mol. The third kappa shape index (κ3) is 4.36. The molecule has 2 atom stereocenters. The van der Waals surface area contributed by atoms with Crippen LogP contribution in [0.1, 0.15) is 13.8 Å². The molecule has 0 spiro atoms. The van der Waals surface area contributed by atoms with Crippen molar-refractivity contribution in [2.24, 2.45) is 0 Å². The van der Waals surface area contributed by atoms with Crippen molar-refractivity contribution in [1.29, 1.82) is 0 Å². The summed E-state index contributed by atoms with van der Waals surface area (Å²) in [5.41, 5.74) is 0.759. The zero-order chi connectivity index (χ0) is 15.4. The van der Waals surface area contributed by atoms with Gasteiger partial charge in [-0.3, -0.25) is 0 Å². The Hall–Kier alpha value is -1.24. The summed E-state index contributed by atoms with van der Waals surface area (Å²) in [4.78, 5) is 14.9. The van der Waals surface area contributed by atoms with E-state index >= 15 is 0 Å². The fourth-order valence-corrected chi connectivity index (χ4v) is 2.77. The molecule has 0 unspecified atom stereocenters. The standard InChI is InChI=1S/C15H22N2O3S/c1-10(2)20-14-9-17(8-13(14)18)15(19)16-11-5-4-6-12(7-11)21-3/h4-7,10,13-14,18H,8-9H2,1-3H3,(H,16,19)/t13-,14-/m1/s1. The van der Waals surface area contributed by atoms with Crippen LogP contribution in [0.4, 0.5) is 10.5 Å². The zero-order valence-corrected chi connectivity index (χ0v) is 13.4. The van der Waals surface area contributed by atoms with Crippen LogP contribution in [0.3, 0.4) is 0 Å². The van der Waals surface area contributed by atoms with Crippen LogP contribution in [0, 0.1) is 0 Å². The largest absolute Gasteiger partial charge is 0.388 e. The van der Waals surface area contributed by atoms with Gasteiger partial charge >= 0.3 is 6.03 Å². The average Bonchev–Trinajstić information content (AvgIpc) is 2.80. The molecule has 116 valence electrons. The van der Waals surface area contributed by atoms with Crippen LogP contribution in [0.25, 0.3) is 0 Å². The van der Waals surface area contributed by atoms with Crippen molar-refractivity contribution in [3.8, 4) is 0 Å². The van der Waals surface area contributed by atoms with Gasteiger partial charge in [0.1, 0.15) is 6.10 Å². The van der Waals surface area contributed by atoms with Gasteiger partial charge in [-0.25, -0.2) is 4.79 Å². The third-order valence-corrected chi connectivity index (χ3v) is 4.02. The lowest BCUT2D eigenvalue weighted by atomic mass is 10.2. The molecule has 1 heterocycles. The topological polar surface area (TPSA) is 61.8 Å². The molecule has 0 aliphatic carbocycles. The van der Waals surface area contributed by atoms with Crippen LogP contribution in [-0.4, -0.2) is 53.7 Å². The molecule has 2 amide bonds. The number of amides is 2. The number of nitrogens with zero attached hydrogens (tertiary/aromatic N) is 1. The summed E-state index contributed by atoms with van der Waals surface area (Å²) in [6.07, 6.45) is 1.08. The number of carbonyl (C=O) groups excluding carboxylic acids is 1. The summed E-state index contributed by atoms with van der Waals surface area (Å²) in [6, 6.07) is 7.47. The fraction of sp³-hybridized carbons (Fsp3) is 0.533. The number of benzene rings is 1. The van der Waals surface area contributed by atoms with Gasteiger partial charge in [0, 0.05) is 10.6 Å². The smallest absolute Gasteiger partial charge is 0.322 e. The summed E-state index contributed by atoms with van der Waals surface area (Å²) in [7, 11) is 0. The van der Waals surface area contributed by atoms with E-state index in [1.807, 2.05) is 44.4 Å². The quantitative estimate of drug-likeness (QED) is 0.838. The second-order valence-corrected chi connectivity index (χ2v) is 6.24. The molecule has 1 fully saturated rings. The molecule has 1 aromatic carbocycles. The van der Waals surface area contributed by atoms with Crippen molar-refractivity contribution < 1.29 is 14.6 Å². The number of hydrogen-bond donors (Lipinski definition) is 2. The van der Waals surface area contributed by atoms with Gasteiger partial charge in [0.2, 0.25) is 0 Å². The van der Waals surface area contributed by atoms with Gasteiger partial charge in [-0.2, -0.15) is 0 Å². The van der Waals surface area contributed by atoms with E-state index in [9.17, 15) is 9.90 Å². The summed E-state index contributed by atoms with van der Waals surface area (Å²) in [6.45, 7) is 4.55. The number of anilines is 1. The minimum absolute atomic E-state index is 0.0333. The Bertz CT molecular complexity index is 496. The third-order valence-electron chi connectivity index (χ3n) is 3.29. The number of β-amino-alcohol motifs (C(OH)–C–C–N with tert-alkyl or cyclic N) is 1. The fourth-order valence-electron chi connectivity index (χ4n) is 2.31. The first-order valence-corrected chi connectivity index (χ1v) is 8.25. The molecule has 2 rings (SSSR count). The predicted molar refractivity (Wildman–Crippen MR) is 84.8 cm³/mol. The molecular weight excluding hydrogens is 288 g/mol. The molecule has 1 saturated heterocycles. The monoisotopic (exact) mass is 310 g/mol. The molecule has 5 nitrogen and oxygen atoms in total. The van der Waals surface area contributed by atoms with Crippen LogP contribution in [-0.2, 0) is 4.74 Å². The van der Waals surface area contributed by atoms with Gasteiger partial charge in [0.05, 0.1) is 25.3 Å². The molecule has 0 radical (unpaired) electrons. The van der Waals surface area contributed by atoms with E-state index in [1.54, 1.807) is 16.7 Å². The van der Waals surface area contributed by atoms with E-state index in [2.05, 4.69) is 5.32 Å². The molecule has 2 N–H and O–H groups in total. The van der Waals surface area contributed by atoms with Gasteiger partial charge in [0.25, 0.3) is 0 Å². The van der Waals surface area contributed by atoms with Crippen molar-refractivity contribution in [2.75, 3.05) is 24.7 Å². The number of hydrogen-bond acceptors (Lipinski definition) is 4. The molecule has 1 aliphatic rings. The second-order valence-electron chi connectivity index (χ2n) is 5.36. The van der Waals surface area contributed by atoms with Crippen molar-refractivity contribution in [3.05, 3.63) is 24.3 Å². The SMILES string of the molecule is CSc1cccc(NC(=O)N2C[C@@H](O)[C@H](OC(C)C)C2)c1. The molecule has 1 aromatic rings. The predicted octanol–water partition coefficient (Wildman–Crippen LogP) is 2.41. The summed E-state index contributed by atoms with van der Waals surface area (Å²) < 4.78 is 5.62. The highest BCUT2D eigenvalue weighted by molar-refractivity contribution is 7.98. The van der Waals surface area contributed by atoms with Gasteiger partial charge in [0.15, 0.2) is 0 Å². The number of likely N-dealkylation sites (tertiary alicyclic amines) is 1. The second kappa shape index (κ2) is 7.15. The highest BCUT2D eigenvalue weighted by Gasteiger charge is 2.35. The first-order chi connectivity index (χ1) is 9.99. The van der Waals surface area contributed by atoms with E-state index in [0.717, 1.165) is 10.6 Å². The number of aliphatic hydroxyl groups is 1. The van der Waals surface area contributed by atoms with Crippen LogP contribution in [0.2, 0.25) is 0 Å². The number of ether oxygens (including phenoxy) is 1. The molecule has 21 heavy (non-hydrogen) atoms. The normalized spacial score (nSPS) is 21.9. The first-order valence-electron chi connectivity index (χ1n) is 7.03. The van der Waals surface area contributed by atoms with Crippen molar-refractivity contribution in [3.63, 3.8) is 0 Å². The maximum Gasteiger partial charge on any atom is 0.322 e. The molecule has 0 aromatic heterocycles. The Labute approximate surface area is 129 Å². The first kappa shape index (κ1) is 16.1. The van der Waals surface area contributed by atoms with Crippen molar-refractivity contribution in [1.82, 2.24) is 4.90 Å². The summed E-state index contributed by atoms with van der Waals surface area (Å²) >= 11 is 1.62. The Balaban J connectivity index is 1.94. The lowest BCUT2D eigenvalue weighted by molar-refractivity contribution is -0.0393. The molecule has 1 aliphatic heterocycles. The summed E-state index contributed by atoms with van der Waals surface area (Å²) in [5, 5.41) is 12.8. The number of thioether (sulfide) groups is 1. The Morgan fingerprint density at radius 2 is 2.24 bits per heavy atom. The highest BCUT2D eigenvalue weighted by Crippen LogP contribution is 2.21. The van der Waals surface area contributed by atoms with Crippen LogP contribution < -0.4 is 5.32 Å². The Kier molecular flexibility index (Phi) is 5.50. The van der Waals surface area contributed by atoms with E-state index in [4.69, 9.17) is 4.74 Å². The van der Waals surface area contributed by atoms with Gasteiger partial charge in [-0.15, -0.1) is 11.8 Å². The van der Waals surface area contributed by atoms with E-state index < -0.39 is 6.10 Å². The van der Waals surface area contributed by atoms with Crippen molar-refractivity contribution in [2.45, 2.75) is 37.1 Å². The van der Waals surface area contributed by atoms with Crippen LogP contribution in [0.15, 0.2) is 29.2 Å². The van der Waals surface area contributed by atoms with E-state index in [1.165, 1.54) is 0 Å². The number of rotatable bonds is 4. The lowest BCUT2D eigenvalue weighted by Crippen LogP contribution is -2.34. The zero-order valence-electron chi connectivity index (χ0n) is 12.6.